The summed E-state index contributed by atoms with van der Waals surface area (Å²) in [6.45, 7) is 3.26. The van der Waals surface area contributed by atoms with Gasteiger partial charge >= 0.3 is 5.97 Å². The molecule has 3 rings (SSSR count). The SMILES string of the molecule is CCC1CCCCN1c1ccnc(Nc2cccc(C(=O)OC)c2)n1. The van der Waals surface area contributed by atoms with Gasteiger partial charge in [0.1, 0.15) is 5.82 Å². The summed E-state index contributed by atoms with van der Waals surface area (Å²) in [5.74, 6) is 1.12. The molecule has 25 heavy (non-hydrogen) atoms. The summed E-state index contributed by atoms with van der Waals surface area (Å²) < 4.78 is 4.76. The number of ether oxygens (including phenoxy) is 1. The molecule has 6 heteroatoms. The van der Waals surface area contributed by atoms with Gasteiger partial charge in [0.25, 0.3) is 0 Å². The molecular formula is C19H24N4O2. The number of aromatic nitrogens is 2. The van der Waals surface area contributed by atoms with E-state index in [4.69, 9.17) is 4.74 Å². The quantitative estimate of drug-likeness (QED) is 0.836. The van der Waals surface area contributed by atoms with Crippen molar-refractivity contribution in [3.05, 3.63) is 42.1 Å². The highest BCUT2D eigenvalue weighted by Gasteiger charge is 2.22. The van der Waals surface area contributed by atoms with Gasteiger partial charge in [-0.1, -0.05) is 13.0 Å². The Morgan fingerprint density at radius 2 is 2.24 bits per heavy atom. The molecule has 0 spiro atoms. The van der Waals surface area contributed by atoms with Crippen LogP contribution in [0.25, 0.3) is 0 Å². The topological polar surface area (TPSA) is 67.4 Å². The molecule has 0 saturated carbocycles. The van der Waals surface area contributed by atoms with Crippen LogP contribution in [0.5, 0.6) is 0 Å². The Kier molecular flexibility index (Phi) is 5.48. The third kappa shape index (κ3) is 4.07. The van der Waals surface area contributed by atoms with Gasteiger partial charge in [0.15, 0.2) is 0 Å². The molecule has 6 nitrogen and oxygen atoms in total. The number of rotatable bonds is 5. The van der Waals surface area contributed by atoms with Crippen molar-refractivity contribution in [2.45, 2.75) is 38.6 Å². The maximum Gasteiger partial charge on any atom is 0.337 e. The van der Waals surface area contributed by atoms with Crippen molar-refractivity contribution in [1.82, 2.24) is 9.97 Å². The minimum Gasteiger partial charge on any atom is -0.465 e. The molecule has 1 unspecified atom stereocenters. The Balaban J connectivity index is 1.79. The first-order chi connectivity index (χ1) is 12.2. The van der Waals surface area contributed by atoms with E-state index in [1.807, 2.05) is 12.1 Å². The first kappa shape index (κ1) is 17.2. The van der Waals surface area contributed by atoms with Crippen molar-refractivity contribution in [2.75, 3.05) is 23.9 Å². The lowest BCUT2D eigenvalue weighted by atomic mass is 10.0. The lowest BCUT2D eigenvalue weighted by Crippen LogP contribution is -2.39. The number of esters is 1. The number of hydrogen-bond donors (Lipinski definition) is 1. The maximum absolute atomic E-state index is 11.7. The summed E-state index contributed by atoms with van der Waals surface area (Å²) in [4.78, 5) is 23.0. The van der Waals surface area contributed by atoms with Crippen LogP contribution < -0.4 is 10.2 Å². The van der Waals surface area contributed by atoms with Crippen molar-refractivity contribution in [3.63, 3.8) is 0 Å². The molecule has 0 radical (unpaired) electrons. The smallest absolute Gasteiger partial charge is 0.337 e. The fourth-order valence-corrected chi connectivity index (χ4v) is 3.27. The van der Waals surface area contributed by atoms with Crippen LogP contribution >= 0.6 is 0 Å². The Morgan fingerprint density at radius 1 is 1.36 bits per heavy atom. The van der Waals surface area contributed by atoms with Crippen LogP contribution in [0.3, 0.4) is 0 Å². The summed E-state index contributed by atoms with van der Waals surface area (Å²) in [6, 6.07) is 9.63. The Labute approximate surface area is 148 Å². The summed E-state index contributed by atoms with van der Waals surface area (Å²) in [5, 5.41) is 3.18. The van der Waals surface area contributed by atoms with Crippen LogP contribution in [0, 0.1) is 0 Å². The van der Waals surface area contributed by atoms with E-state index in [1.54, 1.807) is 24.4 Å². The summed E-state index contributed by atoms with van der Waals surface area (Å²) in [7, 11) is 1.37. The molecule has 0 bridgehead atoms. The Morgan fingerprint density at radius 3 is 3.04 bits per heavy atom. The minimum absolute atomic E-state index is 0.363. The van der Waals surface area contributed by atoms with Crippen molar-refractivity contribution in [3.8, 4) is 0 Å². The Hall–Kier alpha value is -2.63. The number of methoxy groups -OCH3 is 1. The van der Waals surface area contributed by atoms with E-state index in [1.165, 1.54) is 26.4 Å². The predicted molar refractivity (Wildman–Crippen MR) is 98.4 cm³/mol. The van der Waals surface area contributed by atoms with Gasteiger partial charge < -0.3 is 15.0 Å². The molecule has 1 aromatic carbocycles. The average molecular weight is 340 g/mol. The molecule has 0 aliphatic carbocycles. The third-order valence-electron chi connectivity index (χ3n) is 4.57. The molecule has 1 N–H and O–H groups in total. The zero-order chi connectivity index (χ0) is 17.6. The van der Waals surface area contributed by atoms with E-state index in [0.29, 0.717) is 17.6 Å². The van der Waals surface area contributed by atoms with Crippen LogP contribution in [-0.4, -0.2) is 35.6 Å². The normalized spacial score (nSPS) is 17.2. The number of carbonyl (C=O) groups excluding carboxylic acids is 1. The van der Waals surface area contributed by atoms with E-state index in [0.717, 1.165) is 24.5 Å². The number of benzene rings is 1. The van der Waals surface area contributed by atoms with Gasteiger partial charge in [0.05, 0.1) is 12.7 Å². The van der Waals surface area contributed by atoms with E-state index >= 15 is 0 Å². The fourth-order valence-electron chi connectivity index (χ4n) is 3.27. The van der Waals surface area contributed by atoms with Crippen molar-refractivity contribution in [1.29, 1.82) is 0 Å². The van der Waals surface area contributed by atoms with Crippen molar-refractivity contribution in [2.24, 2.45) is 0 Å². The van der Waals surface area contributed by atoms with Gasteiger partial charge in [-0.2, -0.15) is 4.98 Å². The summed E-state index contributed by atoms with van der Waals surface area (Å²) >= 11 is 0. The van der Waals surface area contributed by atoms with Crippen LogP contribution in [0.4, 0.5) is 17.5 Å². The number of nitrogens with zero attached hydrogens (tertiary/aromatic N) is 3. The highest BCUT2D eigenvalue weighted by atomic mass is 16.5. The van der Waals surface area contributed by atoms with Crippen LogP contribution in [0.2, 0.25) is 0 Å². The second kappa shape index (κ2) is 7.96. The molecule has 1 fully saturated rings. The zero-order valence-electron chi connectivity index (χ0n) is 14.7. The lowest BCUT2D eigenvalue weighted by Gasteiger charge is -2.36. The van der Waals surface area contributed by atoms with Gasteiger partial charge in [-0.3, -0.25) is 0 Å². The van der Waals surface area contributed by atoms with E-state index < -0.39 is 0 Å². The molecule has 1 atom stereocenters. The molecule has 1 saturated heterocycles. The van der Waals surface area contributed by atoms with Crippen molar-refractivity contribution >= 4 is 23.4 Å². The number of carbonyl (C=O) groups is 1. The van der Waals surface area contributed by atoms with E-state index in [2.05, 4.69) is 27.1 Å². The molecule has 0 amide bonds. The molecular weight excluding hydrogens is 316 g/mol. The van der Waals surface area contributed by atoms with Crippen LogP contribution in [-0.2, 0) is 4.74 Å². The first-order valence-corrected chi connectivity index (χ1v) is 8.76. The van der Waals surface area contributed by atoms with Gasteiger partial charge in [-0.25, -0.2) is 9.78 Å². The van der Waals surface area contributed by atoms with Gasteiger partial charge in [0.2, 0.25) is 5.95 Å². The van der Waals surface area contributed by atoms with E-state index in [-0.39, 0.29) is 5.97 Å². The molecule has 2 aromatic rings. The number of piperidine rings is 1. The molecule has 1 aromatic heterocycles. The lowest BCUT2D eigenvalue weighted by molar-refractivity contribution is 0.0601. The minimum atomic E-state index is -0.363. The zero-order valence-corrected chi connectivity index (χ0v) is 14.7. The van der Waals surface area contributed by atoms with Crippen LogP contribution in [0.1, 0.15) is 43.0 Å². The second-order valence-electron chi connectivity index (χ2n) is 6.19. The standard InChI is InChI=1S/C19H24N4O2/c1-3-16-9-4-5-12-23(16)17-10-11-20-19(22-17)21-15-8-6-7-14(13-15)18(24)25-2/h6-8,10-11,13,16H,3-5,9,12H2,1-2H3,(H,20,21,22). The Bertz CT molecular complexity index is 735. The molecule has 132 valence electrons. The van der Waals surface area contributed by atoms with Crippen LogP contribution in [0.15, 0.2) is 36.5 Å². The van der Waals surface area contributed by atoms with Gasteiger partial charge in [-0.05, 0) is 49.9 Å². The van der Waals surface area contributed by atoms with Gasteiger partial charge in [0, 0.05) is 24.5 Å². The number of nitrogens with one attached hydrogen (secondary N) is 1. The molecule has 2 heterocycles. The maximum atomic E-state index is 11.7. The monoisotopic (exact) mass is 340 g/mol. The molecule has 1 aliphatic rings. The molecule has 1 aliphatic heterocycles. The highest BCUT2D eigenvalue weighted by molar-refractivity contribution is 5.90. The van der Waals surface area contributed by atoms with E-state index in [9.17, 15) is 4.79 Å². The summed E-state index contributed by atoms with van der Waals surface area (Å²) in [6.07, 6.45) is 6.59. The largest absolute Gasteiger partial charge is 0.465 e. The predicted octanol–water partition coefficient (Wildman–Crippen LogP) is 3.78. The van der Waals surface area contributed by atoms with Crippen molar-refractivity contribution < 1.29 is 9.53 Å². The highest BCUT2D eigenvalue weighted by Crippen LogP contribution is 2.26. The fraction of sp³-hybridized carbons (Fsp3) is 0.421. The number of anilines is 3. The second-order valence-corrected chi connectivity index (χ2v) is 6.19. The number of hydrogen-bond acceptors (Lipinski definition) is 6. The third-order valence-corrected chi connectivity index (χ3v) is 4.57. The average Bonchev–Trinajstić information content (AvgIpc) is 2.67. The summed E-state index contributed by atoms with van der Waals surface area (Å²) in [5.41, 5.74) is 1.25. The first-order valence-electron chi connectivity index (χ1n) is 8.76. The van der Waals surface area contributed by atoms with Gasteiger partial charge in [-0.15, -0.1) is 0 Å².